The first kappa shape index (κ1) is 7.73. The average molecular weight is 230 g/mol. The van der Waals surface area contributed by atoms with Crippen molar-refractivity contribution in [1.82, 2.24) is 4.98 Å². The van der Waals surface area contributed by atoms with E-state index in [9.17, 15) is 4.39 Å². The predicted molar refractivity (Wildman–Crippen MR) is 46.5 cm³/mol. The average Bonchev–Trinajstić information content (AvgIpc) is 2.44. The molecule has 0 amide bonds. The first-order valence-electron chi connectivity index (χ1n) is 3.41. The zero-order valence-electron chi connectivity index (χ0n) is 6.05. The van der Waals surface area contributed by atoms with Crippen LogP contribution in [0.15, 0.2) is 27.4 Å². The molecule has 4 heteroatoms. The topological polar surface area (TPSA) is 26.0 Å². The molecule has 0 fully saturated rings. The number of benzene rings is 1. The van der Waals surface area contributed by atoms with Gasteiger partial charge in [0, 0.05) is 21.5 Å². The van der Waals surface area contributed by atoms with Crippen LogP contribution < -0.4 is 0 Å². The Morgan fingerprint density at radius 3 is 3.08 bits per heavy atom. The Balaban J connectivity index is 2.78. The molecule has 0 N–H and O–H groups in total. The van der Waals surface area contributed by atoms with E-state index in [0.29, 0.717) is 21.5 Å². The summed E-state index contributed by atoms with van der Waals surface area (Å²) in [6, 6.07) is 5.19. The van der Waals surface area contributed by atoms with E-state index >= 15 is 0 Å². The van der Waals surface area contributed by atoms with Crippen molar-refractivity contribution in [3.05, 3.63) is 28.6 Å². The number of oxazole rings is 1. The Morgan fingerprint density at radius 2 is 2.33 bits per heavy atom. The number of nitrogens with zero attached hydrogens (tertiary/aromatic N) is 1. The van der Waals surface area contributed by atoms with E-state index in [1.165, 1.54) is 0 Å². The van der Waals surface area contributed by atoms with Crippen molar-refractivity contribution in [2.24, 2.45) is 0 Å². The number of para-hydroxylation sites is 1. The maximum Gasteiger partial charge on any atom is 0.265 e. The Bertz CT molecular complexity index is 412. The molecule has 0 aliphatic heterocycles. The highest BCUT2D eigenvalue weighted by Crippen LogP contribution is 2.22. The van der Waals surface area contributed by atoms with Gasteiger partial charge in [0.15, 0.2) is 5.58 Å². The van der Waals surface area contributed by atoms with Crippen LogP contribution in [0.25, 0.3) is 11.1 Å². The summed E-state index contributed by atoms with van der Waals surface area (Å²) < 4.78 is 17.5. The monoisotopic (exact) mass is 229 g/mol. The van der Waals surface area contributed by atoms with E-state index in [2.05, 4.69) is 20.9 Å². The van der Waals surface area contributed by atoms with Gasteiger partial charge in [-0.3, -0.25) is 0 Å². The molecule has 0 aliphatic carbocycles. The predicted octanol–water partition coefficient (Wildman–Crippen LogP) is 3.06. The second kappa shape index (κ2) is 2.86. The number of hydrogen-bond acceptors (Lipinski definition) is 2. The van der Waals surface area contributed by atoms with Crippen molar-refractivity contribution in [3.63, 3.8) is 0 Å². The number of hydrogen-bond donors (Lipinski definition) is 0. The highest BCUT2D eigenvalue weighted by molar-refractivity contribution is 9.10. The molecule has 0 atom stereocenters. The van der Waals surface area contributed by atoms with E-state index in [0.717, 1.165) is 0 Å². The lowest BCUT2D eigenvalue weighted by Crippen LogP contribution is -1.79. The molecule has 2 rings (SSSR count). The summed E-state index contributed by atoms with van der Waals surface area (Å²) in [5, 5.41) is 0. The van der Waals surface area contributed by atoms with Gasteiger partial charge in [0.05, 0.1) is 0 Å². The third-order valence-corrected chi connectivity index (χ3v) is 1.96. The van der Waals surface area contributed by atoms with Gasteiger partial charge in [-0.2, -0.15) is 0 Å². The first-order chi connectivity index (χ1) is 5.81. The minimum absolute atomic E-state index is 0.387. The maximum absolute atomic E-state index is 12.4. The molecule has 0 aliphatic rings. The molecule has 0 unspecified atom stereocenters. The Hall–Kier alpha value is -0.900. The fraction of sp³-hybridized carbons (Fsp3) is 0.125. The summed E-state index contributed by atoms with van der Waals surface area (Å²) in [7, 11) is 0. The number of rotatable bonds is 1. The van der Waals surface area contributed by atoms with Gasteiger partial charge in [0.25, 0.3) is 4.80 Å². The molecule has 0 saturated carbocycles. The quantitative estimate of drug-likeness (QED) is 0.752. The summed E-state index contributed by atoms with van der Waals surface area (Å²) >= 11 is 3.09. The van der Waals surface area contributed by atoms with E-state index in [1.807, 2.05) is 0 Å². The molecule has 12 heavy (non-hydrogen) atoms. The van der Waals surface area contributed by atoms with E-state index in [4.69, 9.17) is 4.42 Å². The zero-order chi connectivity index (χ0) is 8.55. The zero-order valence-corrected chi connectivity index (χ0v) is 7.64. The normalized spacial score (nSPS) is 10.8. The van der Waals surface area contributed by atoms with Crippen LogP contribution in [0.5, 0.6) is 0 Å². The van der Waals surface area contributed by atoms with Crippen LogP contribution in [-0.4, -0.2) is 4.98 Å². The van der Waals surface area contributed by atoms with Gasteiger partial charge in [0.1, 0.15) is 12.2 Å². The van der Waals surface area contributed by atoms with Gasteiger partial charge in [0.2, 0.25) is 0 Å². The maximum atomic E-state index is 12.4. The lowest BCUT2D eigenvalue weighted by molar-refractivity contribution is 0.487. The minimum atomic E-state index is -0.518. The third-order valence-electron chi connectivity index (χ3n) is 1.62. The molecule has 0 saturated heterocycles. The molecule has 2 nitrogen and oxygen atoms in total. The van der Waals surface area contributed by atoms with Gasteiger partial charge < -0.3 is 4.42 Å². The Labute approximate surface area is 76.5 Å². The van der Waals surface area contributed by atoms with Gasteiger partial charge in [-0.05, 0) is 6.07 Å². The molecular weight excluding hydrogens is 225 g/mol. The van der Waals surface area contributed by atoms with Crippen LogP contribution in [0.2, 0.25) is 0 Å². The number of alkyl halides is 1. The van der Waals surface area contributed by atoms with Gasteiger partial charge in [-0.1, -0.05) is 12.1 Å². The van der Waals surface area contributed by atoms with E-state index < -0.39 is 6.67 Å². The van der Waals surface area contributed by atoms with Gasteiger partial charge in [-0.15, -0.1) is 0 Å². The molecule has 2 aromatic rings. The standard InChI is InChI=1S/C8H5BrFNO/c9-8-11-7-5(4-10)2-1-3-6(7)12-8/h1-3H,4H2. The fourth-order valence-corrected chi connectivity index (χ4v) is 1.44. The third kappa shape index (κ3) is 1.12. The largest absolute Gasteiger partial charge is 0.431 e. The van der Waals surface area contributed by atoms with Crippen LogP contribution in [0.1, 0.15) is 5.56 Å². The van der Waals surface area contributed by atoms with Gasteiger partial charge >= 0.3 is 0 Å². The number of aromatic nitrogens is 1. The highest BCUT2D eigenvalue weighted by Gasteiger charge is 2.06. The van der Waals surface area contributed by atoms with Crippen LogP contribution >= 0.6 is 15.9 Å². The van der Waals surface area contributed by atoms with Crippen LogP contribution in [0, 0.1) is 0 Å². The van der Waals surface area contributed by atoms with Crippen molar-refractivity contribution in [1.29, 1.82) is 0 Å². The molecule has 0 bridgehead atoms. The summed E-state index contributed by atoms with van der Waals surface area (Å²) in [4.78, 5) is 4.38. The summed E-state index contributed by atoms with van der Waals surface area (Å²) in [6.07, 6.45) is 0. The van der Waals surface area contributed by atoms with Crippen LogP contribution in [0.3, 0.4) is 0 Å². The summed E-state index contributed by atoms with van der Waals surface area (Å²) in [5.41, 5.74) is 1.76. The minimum Gasteiger partial charge on any atom is -0.431 e. The molecule has 62 valence electrons. The molecule has 1 aromatic carbocycles. The van der Waals surface area contributed by atoms with Crippen molar-refractivity contribution < 1.29 is 8.81 Å². The summed E-state index contributed by atoms with van der Waals surface area (Å²) in [5.74, 6) is 0. The molecular formula is C8H5BrFNO. The second-order valence-corrected chi connectivity index (χ2v) is 3.04. The lowest BCUT2D eigenvalue weighted by Gasteiger charge is -1.91. The van der Waals surface area contributed by atoms with Crippen molar-refractivity contribution in [2.75, 3.05) is 0 Å². The van der Waals surface area contributed by atoms with Crippen molar-refractivity contribution >= 4 is 27.0 Å². The second-order valence-electron chi connectivity index (χ2n) is 2.36. The SMILES string of the molecule is FCc1cccc2oc(Br)nc12. The number of fused-ring (bicyclic) bond motifs is 1. The van der Waals surface area contributed by atoms with Crippen molar-refractivity contribution in [3.8, 4) is 0 Å². The Morgan fingerprint density at radius 1 is 1.50 bits per heavy atom. The van der Waals surface area contributed by atoms with Crippen molar-refractivity contribution in [2.45, 2.75) is 6.67 Å². The van der Waals surface area contributed by atoms with E-state index in [-0.39, 0.29) is 0 Å². The molecule has 0 spiro atoms. The lowest BCUT2D eigenvalue weighted by atomic mass is 10.2. The van der Waals surface area contributed by atoms with E-state index in [1.54, 1.807) is 18.2 Å². The Kier molecular flexibility index (Phi) is 1.84. The smallest absolute Gasteiger partial charge is 0.265 e. The molecule has 1 aromatic heterocycles. The summed E-state index contributed by atoms with van der Waals surface area (Å²) in [6.45, 7) is -0.518. The first-order valence-corrected chi connectivity index (χ1v) is 4.20. The highest BCUT2D eigenvalue weighted by atomic mass is 79.9. The van der Waals surface area contributed by atoms with Gasteiger partial charge in [-0.25, -0.2) is 9.37 Å². The molecule has 1 heterocycles. The van der Waals surface area contributed by atoms with Crippen LogP contribution in [-0.2, 0) is 6.67 Å². The van der Waals surface area contributed by atoms with Crippen LogP contribution in [0.4, 0.5) is 4.39 Å². The fourth-order valence-electron chi connectivity index (χ4n) is 1.09. The molecule has 0 radical (unpaired) electrons. The number of halogens is 2.